The van der Waals surface area contributed by atoms with E-state index in [4.69, 9.17) is 19.3 Å². The number of carbonyl (C=O) groups excluding carboxylic acids is 3. The van der Waals surface area contributed by atoms with E-state index in [9.17, 15) is 18.9 Å². The molecular formula is C41H75O9P. The van der Waals surface area contributed by atoms with Crippen molar-refractivity contribution in [1.29, 1.82) is 0 Å². The Morgan fingerprint density at radius 1 is 0.549 bits per heavy atom. The molecular weight excluding hydrogens is 667 g/mol. The molecule has 0 unspecified atom stereocenters. The van der Waals surface area contributed by atoms with Crippen molar-refractivity contribution in [2.45, 2.75) is 206 Å². The number of ether oxygens (including phenoxy) is 2. The predicted molar refractivity (Wildman–Crippen MR) is 207 cm³/mol. The van der Waals surface area contributed by atoms with Crippen LogP contribution in [-0.4, -0.2) is 46.8 Å². The zero-order valence-corrected chi connectivity index (χ0v) is 33.4. The first kappa shape index (κ1) is 49.2. The molecule has 2 N–H and O–H groups in total. The van der Waals surface area contributed by atoms with Gasteiger partial charge in [-0.15, -0.1) is 0 Å². The van der Waals surface area contributed by atoms with Crippen LogP contribution in [0.1, 0.15) is 200 Å². The summed E-state index contributed by atoms with van der Waals surface area (Å²) in [5.74, 6) is -0.767. The summed E-state index contributed by atoms with van der Waals surface area (Å²) in [5.41, 5.74) is 0. The van der Waals surface area contributed by atoms with Crippen LogP contribution in [0.3, 0.4) is 0 Å². The van der Waals surface area contributed by atoms with Gasteiger partial charge < -0.3 is 19.3 Å². The fourth-order valence-corrected chi connectivity index (χ4v) is 6.19. The van der Waals surface area contributed by atoms with Crippen LogP contribution in [0.2, 0.25) is 0 Å². The van der Waals surface area contributed by atoms with Crippen molar-refractivity contribution in [2.75, 3.05) is 13.2 Å². The van der Waals surface area contributed by atoms with Crippen molar-refractivity contribution in [3.8, 4) is 0 Å². The molecule has 0 aromatic carbocycles. The highest BCUT2D eigenvalue weighted by atomic mass is 31.2. The molecule has 1 atom stereocenters. The van der Waals surface area contributed by atoms with Gasteiger partial charge in [0, 0.05) is 19.3 Å². The topological polar surface area (TPSA) is 136 Å². The Morgan fingerprint density at radius 2 is 0.980 bits per heavy atom. The number of unbranched alkanes of at least 4 members (excludes halogenated alkanes) is 23. The van der Waals surface area contributed by atoms with Gasteiger partial charge in [-0.25, -0.2) is 4.57 Å². The lowest BCUT2D eigenvalue weighted by Gasteiger charge is -2.18. The van der Waals surface area contributed by atoms with Crippen LogP contribution in [0.5, 0.6) is 0 Å². The molecule has 0 rings (SSSR count). The number of hydrogen-bond donors (Lipinski definition) is 2. The van der Waals surface area contributed by atoms with E-state index in [1.807, 2.05) is 12.2 Å². The molecule has 0 saturated carbocycles. The van der Waals surface area contributed by atoms with Crippen molar-refractivity contribution in [3.63, 3.8) is 0 Å². The SMILES string of the molecule is CCCCCCCCCCCCCCCCCCCC(=O)OC[C@H](COP(=O)(O)O)OC(=O)CCCCCCC/C=C\C=C\C(=O)CCCCC. The van der Waals surface area contributed by atoms with Crippen molar-refractivity contribution in [2.24, 2.45) is 0 Å². The molecule has 0 saturated heterocycles. The second kappa shape index (κ2) is 36.6. The number of phosphoric ester groups is 1. The van der Waals surface area contributed by atoms with Gasteiger partial charge in [0.05, 0.1) is 6.61 Å². The Morgan fingerprint density at radius 3 is 1.49 bits per heavy atom. The molecule has 0 aliphatic carbocycles. The number of hydrogen-bond acceptors (Lipinski definition) is 7. The van der Waals surface area contributed by atoms with Crippen LogP contribution >= 0.6 is 7.82 Å². The summed E-state index contributed by atoms with van der Waals surface area (Å²) in [6.45, 7) is 3.52. The highest BCUT2D eigenvalue weighted by Gasteiger charge is 2.22. The minimum absolute atomic E-state index is 0.163. The molecule has 0 aliphatic heterocycles. The summed E-state index contributed by atoms with van der Waals surface area (Å²) >= 11 is 0. The van der Waals surface area contributed by atoms with Gasteiger partial charge in [0.2, 0.25) is 0 Å². The molecule has 0 aromatic heterocycles. The molecule has 0 spiro atoms. The second-order valence-corrected chi connectivity index (χ2v) is 15.2. The van der Waals surface area contributed by atoms with Crippen LogP contribution in [-0.2, 0) is 32.9 Å². The van der Waals surface area contributed by atoms with Gasteiger partial charge in [-0.3, -0.25) is 18.9 Å². The summed E-state index contributed by atoms with van der Waals surface area (Å²) in [6, 6.07) is 0. The highest BCUT2D eigenvalue weighted by Crippen LogP contribution is 2.36. The Bertz CT molecular complexity index is 943. The maximum absolute atomic E-state index is 12.4. The minimum atomic E-state index is -4.77. The average molecular weight is 743 g/mol. The van der Waals surface area contributed by atoms with Gasteiger partial charge in [-0.05, 0) is 38.2 Å². The van der Waals surface area contributed by atoms with Crippen LogP contribution in [0.15, 0.2) is 24.3 Å². The zero-order valence-electron chi connectivity index (χ0n) is 32.5. The summed E-state index contributed by atoms with van der Waals surface area (Å²) in [7, 11) is -4.77. The van der Waals surface area contributed by atoms with Gasteiger partial charge >= 0.3 is 19.8 Å². The number of rotatable bonds is 38. The number of carbonyl (C=O) groups is 3. The minimum Gasteiger partial charge on any atom is -0.462 e. The van der Waals surface area contributed by atoms with E-state index >= 15 is 0 Å². The molecule has 0 radical (unpaired) electrons. The van der Waals surface area contributed by atoms with Gasteiger partial charge in [-0.2, -0.15) is 0 Å². The van der Waals surface area contributed by atoms with Crippen molar-refractivity contribution < 1.29 is 42.7 Å². The summed E-state index contributed by atoms with van der Waals surface area (Å²) in [5, 5.41) is 0. The lowest BCUT2D eigenvalue weighted by atomic mass is 10.0. The molecule has 0 heterocycles. The van der Waals surface area contributed by atoms with Crippen LogP contribution in [0.4, 0.5) is 0 Å². The largest absolute Gasteiger partial charge is 0.469 e. The second-order valence-electron chi connectivity index (χ2n) is 14.0. The Labute approximate surface area is 311 Å². The van der Waals surface area contributed by atoms with Crippen LogP contribution in [0.25, 0.3) is 0 Å². The third-order valence-electron chi connectivity index (χ3n) is 8.95. The average Bonchev–Trinajstić information content (AvgIpc) is 3.09. The Balaban J connectivity index is 3.96. The lowest BCUT2D eigenvalue weighted by Crippen LogP contribution is -2.29. The summed E-state index contributed by atoms with van der Waals surface area (Å²) in [4.78, 5) is 54.5. The standard InChI is InChI=1S/C41H75O9P/c1-3-5-7-8-9-10-11-12-13-14-15-16-17-20-23-26-30-34-40(43)48-36-39(37-49-51(45,46)47)50-41(44)35-31-27-24-21-18-19-22-25-29-33-38(42)32-28-6-4-2/h22,25,29,33,39H,3-21,23-24,26-28,30-32,34-37H2,1-2H3,(H2,45,46,47)/b25-22-,33-29+/t39-/m1/s1. The first-order chi connectivity index (χ1) is 24.7. The van der Waals surface area contributed by atoms with E-state index in [-0.39, 0.29) is 25.2 Å². The van der Waals surface area contributed by atoms with Gasteiger partial charge in [0.25, 0.3) is 0 Å². The number of phosphoric acid groups is 1. The molecule has 0 amide bonds. The molecule has 0 fully saturated rings. The van der Waals surface area contributed by atoms with E-state index in [1.165, 1.54) is 89.9 Å². The summed E-state index contributed by atoms with van der Waals surface area (Å²) < 4.78 is 26.3. The fraction of sp³-hybridized carbons (Fsp3) is 0.829. The first-order valence-corrected chi connectivity index (χ1v) is 22.1. The fourth-order valence-electron chi connectivity index (χ4n) is 5.83. The van der Waals surface area contributed by atoms with Crippen molar-refractivity contribution >= 4 is 25.5 Å². The third kappa shape index (κ3) is 39.2. The number of ketones is 1. The molecule has 51 heavy (non-hydrogen) atoms. The first-order valence-electron chi connectivity index (χ1n) is 20.6. The highest BCUT2D eigenvalue weighted by molar-refractivity contribution is 7.46. The van der Waals surface area contributed by atoms with E-state index < -0.39 is 32.5 Å². The number of esters is 2. The molecule has 0 aliphatic rings. The smallest absolute Gasteiger partial charge is 0.462 e. The van der Waals surface area contributed by atoms with Crippen molar-refractivity contribution in [1.82, 2.24) is 0 Å². The van der Waals surface area contributed by atoms with Gasteiger partial charge in [0.1, 0.15) is 6.61 Å². The monoisotopic (exact) mass is 743 g/mol. The maximum Gasteiger partial charge on any atom is 0.469 e. The third-order valence-corrected chi connectivity index (χ3v) is 9.43. The van der Waals surface area contributed by atoms with E-state index in [1.54, 1.807) is 6.08 Å². The summed E-state index contributed by atoms with van der Waals surface area (Å²) in [6.07, 6.45) is 37.4. The normalized spacial score (nSPS) is 12.5. The van der Waals surface area contributed by atoms with E-state index in [0.717, 1.165) is 64.2 Å². The zero-order chi connectivity index (χ0) is 37.7. The molecule has 10 heteroatoms. The molecule has 0 aromatic rings. The number of allylic oxidation sites excluding steroid dienone is 4. The van der Waals surface area contributed by atoms with E-state index in [2.05, 4.69) is 24.4 Å². The molecule has 298 valence electrons. The maximum atomic E-state index is 12.4. The van der Waals surface area contributed by atoms with Gasteiger partial charge in [0.15, 0.2) is 11.9 Å². The van der Waals surface area contributed by atoms with Gasteiger partial charge in [-0.1, -0.05) is 167 Å². The Kier molecular flexibility index (Phi) is 35.3. The van der Waals surface area contributed by atoms with Crippen LogP contribution in [0, 0.1) is 0 Å². The molecule has 9 nitrogen and oxygen atoms in total. The van der Waals surface area contributed by atoms with Crippen molar-refractivity contribution in [3.05, 3.63) is 24.3 Å². The predicted octanol–water partition coefficient (Wildman–Crippen LogP) is 11.6. The molecule has 0 bridgehead atoms. The quantitative estimate of drug-likeness (QED) is 0.0208. The Hall–Kier alpha value is -1.80. The van der Waals surface area contributed by atoms with E-state index in [0.29, 0.717) is 19.3 Å². The lowest BCUT2D eigenvalue weighted by molar-refractivity contribution is -0.161. The van der Waals surface area contributed by atoms with Crippen LogP contribution < -0.4 is 0 Å².